The van der Waals surface area contributed by atoms with Crippen molar-refractivity contribution in [1.82, 2.24) is 9.55 Å². The van der Waals surface area contributed by atoms with E-state index in [2.05, 4.69) is 50.5 Å². The molecule has 104 valence electrons. The van der Waals surface area contributed by atoms with Gasteiger partial charge in [-0.2, -0.15) is 0 Å². The molecule has 0 amide bonds. The molecule has 0 aliphatic carbocycles. The first kappa shape index (κ1) is 14.4. The summed E-state index contributed by atoms with van der Waals surface area (Å²) >= 11 is 6.30. The van der Waals surface area contributed by atoms with Gasteiger partial charge in [-0.3, -0.25) is 0 Å². The van der Waals surface area contributed by atoms with E-state index in [4.69, 9.17) is 16.6 Å². The second-order valence-corrected chi connectivity index (χ2v) is 6.56. The predicted octanol–water partition coefficient (Wildman–Crippen LogP) is 4.94. The summed E-state index contributed by atoms with van der Waals surface area (Å²) in [4.78, 5) is 4.72. The summed E-state index contributed by atoms with van der Waals surface area (Å²) in [5, 5.41) is -0.0629. The molecule has 2 aromatic rings. The Hall–Kier alpha value is -1.02. The van der Waals surface area contributed by atoms with Gasteiger partial charge in [0.05, 0.1) is 16.4 Å². The smallest absolute Gasteiger partial charge is 0.127 e. The normalized spacial score (nSPS) is 15.1. The Morgan fingerprint density at radius 3 is 2.47 bits per heavy atom. The molecule has 0 spiro atoms. The van der Waals surface area contributed by atoms with Crippen LogP contribution < -0.4 is 0 Å². The van der Waals surface area contributed by atoms with E-state index in [1.54, 1.807) is 0 Å². The Kier molecular flexibility index (Phi) is 4.19. The van der Waals surface area contributed by atoms with Crippen LogP contribution in [-0.4, -0.2) is 9.55 Å². The number of benzene rings is 1. The lowest BCUT2D eigenvalue weighted by atomic mass is 9.98. The Morgan fingerprint density at radius 2 is 1.89 bits per heavy atom. The number of nitrogens with zero attached hydrogens (tertiary/aromatic N) is 2. The van der Waals surface area contributed by atoms with E-state index in [9.17, 15) is 0 Å². The predicted molar refractivity (Wildman–Crippen MR) is 82.7 cm³/mol. The summed E-state index contributed by atoms with van der Waals surface area (Å²) in [6, 6.07) is 6.44. The number of aryl methyl sites for hydroxylation is 1. The molecule has 0 aliphatic heterocycles. The van der Waals surface area contributed by atoms with Gasteiger partial charge in [0.1, 0.15) is 5.82 Å². The van der Waals surface area contributed by atoms with Crippen LogP contribution in [0.3, 0.4) is 0 Å². The fourth-order valence-corrected chi connectivity index (χ4v) is 2.42. The van der Waals surface area contributed by atoms with Crippen molar-refractivity contribution in [2.45, 2.75) is 46.5 Å². The molecule has 0 saturated heterocycles. The summed E-state index contributed by atoms with van der Waals surface area (Å²) in [6.07, 6.45) is 0. The van der Waals surface area contributed by atoms with E-state index in [0.29, 0.717) is 11.8 Å². The van der Waals surface area contributed by atoms with Gasteiger partial charge in [0.2, 0.25) is 0 Å². The first-order chi connectivity index (χ1) is 8.90. The molecule has 0 aliphatic rings. The molecular formula is C16H23ClN2. The van der Waals surface area contributed by atoms with Gasteiger partial charge in [0.25, 0.3) is 0 Å². The molecule has 2 atom stereocenters. The van der Waals surface area contributed by atoms with Crippen LogP contribution in [0.2, 0.25) is 0 Å². The largest absolute Gasteiger partial charge is 0.326 e. The van der Waals surface area contributed by atoms with Gasteiger partial charge in [-0.15, -0.1) is 11.6 Å². The highest BCUT2D eigenvalue weighted by Crippen LogP contribution is 2.27. The van der Waals surface area contributed by atoms with Gasteiger partial charge >= 0.3 is 0 Å². The van der Waals surface area contributed by atoms with Gasteiger partial charge in [0.15, 0.2) is 0 Å². The topological polar surface area (TPSA) is 17.8 Å². The minimum absolute atomic E-state index is 0.0629. The van der Waals surface area contributed by atoms with Crippen LogP contribution in [0.4, 0.5) is 0 Å². The average molecular weight is 279 g/mol. The van der Waals surface area contributed by atoms with Crippen LogP contribution in [-0.2, 0) is 6.54 Å². The molecule has 2 rings (SSSR count). The molecule has 0 saturated carbocycles. The number of hydrogen-bond acceptors (Lipinski definition) is 1. The summed E-state index contributed by atoms with van der Waals surface area (Å²) in [6.45, 7) is 11.9. The number of alkyl halides is 1. The van der Waals surface area contributed by atoms with Crippen molar-refractivity contribution in [2.24, 2.45) is 11.8 Å². The second-order valence-electron chi connectivity index (χ2n) is 5.91. The summed E-state index contributed by atoms with van der Waals surface area (Å²) in [5.74, 6) is 2.24. The molecule has 0 N–H and O–H groups in total. The Balaban J connectivity index is 2.52. The SMILES string of the molecule is Cc1ccc2c(c1)nc(C(C)Cl)n2CC(C)C(C)C. The number of halogens is 1. The zero-order valence-corrected chi connectivity index (χ0v) is 13.2. The number of rotatable bonds is 4. The highest BCUT2D eigenvalue weighted by atomic mass is 35.5. The summed E-state index contributed by atoms with van der Waals surface area (Å²) in [5.41, 5.74) is 3.49. The number of hydrogen-bond donors (Lipinski definition) is 0. The van der Waals surface area contributed by atoms with Crippen molar-refractivity contribution >= 4 is 22.6 Å². The van der Waals surface area contributed by atoms with E-state index in [1.807, 2.05) is 6.92 Å². The van der Waals surface area contributed by atoms with Crippen molar-refractivity contribution in [1.29, 1.82) is 0 Å². The van der Waals surface area contributed by atoms with Crippen LogP contribution in [0.25, 0.3) is 11.0 Å². The first-order valence-corrected chi connectivity index (χ1v) is 7.44. The van der Waals surface area contributed by atoms with Crippen molar-refractivity contribution < 1.29 is 0 Å². The van der Waals surface area contributed by atoms with Gasteiger partial charge in [-0.25, -0.2) is 4.98 Å². The maximum atomic E-state index is 6.30. The molecule has 0 radical (unpaired) electrons. The second kappa shape index (κ2) is 5.54. The summed E-state index contributed by atoms with van der Waals surface area (Å²) < 4.78 is 2.29. The number of fused-ring (bicyclic) bond motifs is 1. The highest BCUT2D eigenvalue weighted by Gasteiger charge is 2.18. The van der Waals surface area contributed by atoms with Crippen molar-refractivity contribution in [2.75, 3.05) is 0 Å². The fourth-order valence-electron chi connectivity index (χ4n) is 2.25. The van der Waals surface area contributed by atoms with E-state index in [1.165, 1.54) is 11.1 Å². The van der Waals surface area contributed by atoms with Crippen LogP contribution in [0.1, 0.15) is 44.5 Å². The van der Waals surface area contributed by atoms with E-state index >= 15 is 0 Å². The molecular weight excluding hydrogens is 256 g/mol. The van der Waals surface area contributed by atoms with Crippen molar-refractivity contribution in [3.63, 3.8) is 0 Å². The molecule has 0 bridgehead atoms. The number of imidazole rings is 1. The zero-order chi connectivity index (χ0) is 14.2. The standard InChI is InChI=1S/C16H23ClN2/c1-10(2)12(4)9-19-15-7-6-11(3)8-14(15)18-16(19)13(5)17/h6-8,10,12-13H,9H2,1-5H3. The number of aromatic nitrogens is 2. The van der Waals surface area contributed by atoms with E-state index in [0.717, 1.165) is 17.9 Å². The molecule has 2 unspecified atom stereocenters. The average Bonchev–Trinajstić information content (AvgIpc) is 2.67. The first-order valence-electron chi connectivity index (χ1n) is 7.01. The van der Waals surface area contributed by atoms with Gasteiger partial charge < -0.3 is 4.57 Å². The van der Waals surface area contributed by atoms with Gasteiger partial charge in [-0.1, -0.05) is 26.8 Å². The molecule has 1 aromatic carbocycles. The third kappa shape index (κ3) is 2.94. The van der Waals surface area contributed by atoms with Gasteiger partial charge in [0, 0.05) is 6.54 Å². The Labute approximate surface area is 120 Å². The Morgan fingerprint density at radius 1 is 1.21 bits per heavy atom. The van der Waals surface area contributed by atoms with Crippen molar-refractivity contribution in [3.05, 3.63) is 29.6 Å². The molecule has 0 fully saturated rings. The third-order valence-corrected chi connectivity index (χ3v) is 4.09. The lowest BCUT2D eigenvalue weighted by Crippen LogP contribution is -2.15. The minimum atomic E-state index is -0.0629. The van der Waals surface area contributed by atoms with Crippen LogP contribution >= 0.6 is 11.6 Å². The zero-order valence-electron chi connectivity index (χ0n) is 12.4. The van der Waals surface area contributed by atoms with Crippen LogP contribution in [0.5, 0.6) is 0 Å². The monoisotopic (exact) mass is 278 g/mol. The van der Waals surface area contributed by atoms with E-state index in [-0.39, 0.29) is 5.38 Å². The lowest BCUT2D eigenvalue weighted by Gasteiger charge is -2.19. The van der Waals surface area contributed by atoms with Crippen LogP contribution in [0.15, 0.2) is 18.2 Å². The summed E-state index contributed by atoms with van der Waals surface area (Å²) in [7, 11) is 0. The maximum absolute atomic E-state index is 6.30. The van der Waals surface area contributed by atoms with Crippen molar-refractivity contribution in [3.8, 4) is 0 Å². The fraction of sp³-hybridized carbons (Fsp3) is 0.562. The lowest BCUT2D eigenvalue weighted by molar-refractivity contribution is 0.364. The highest BCUT2D eigenvalue weighted by molar-refractivity contribution is 6.20. The molecule has 19 heavy (non-hydrogen) atoms. The maximum Gasteiger partial charge on any atom is 0.127 e. The third-order valence-electron chi connectivity index (χ3n) is 3.90. The Bertz CT molecular complexity index is 569. The quantitative estimate of drug-likeness (QED) is 0.725. The molecule has 3 heteroatoms. The molecule has 2 nitrogen and oxygen atoms in total. The molecule has 1 heterocycles. The van der Waals surface area contributed by atoms with Crippen LogP contribution in [0, 0.1) is 18.8 Å². The molecule has 1 aromatic heterocycles. The minimum Gasteiger partial charge on any atom is -0.326 e. The van der Waals surface area contributed by atoms with E-state index < -0.39 is 0 Å². The van der Waals surface area contributed by atoms with Gasteiger partial charge in [-0.05, 0) is 43.4 Å².